The quantitative estimate of drug-likeness (QED) is 0.391. The standard InChI is InChI=1S/C25H29ClFN4P/c1-16-21(27)12-13-22(23(16)32(2)3)30-24-20(26)15-28-25(31-24)29-19-11-10-17-8-6-4-5-7-9-18(17)14-19/h10-15H,4-9H2,1-3H3,(H2,28,29,30,31). The topological polar surface area (TPSA) is 49.8 Å². The first-order valence-electron chi connectivity index (χ1n) is 11.1. The van der Waals surface area contributed by atoms with Crippen molar-refractivity contribution in [3.05, 3.63) is 64.1 Å². The van der Waals surface area contributed by atoms with Gasteiger partial charge < -0.3 is 10.6 Å². The van der Waals surface area contributed by atoms with Gasteiger partial charge in [0, 0.05) is 16.7 Å². The van der Waals surface area contributed by atoms with Crippen LogP contribution in [0.1, 0.15) is 42.4 Å². The van der Waals surface area contributed by atoms with Crippen molar-refractivity contribution < 1.29 is 4.39 Å². The van der Waals surface area contributed by atoms with Gasteiger partial charge in [-0.2, -0.15) is 4.98 Å². The van der Waals surface area contributed by atoms with Crippen molar-refractivity contribution in [1.29, 1.82) is 0 Å². The molecular weight excluding hydrogens is 442 g/mol. The molecule has 32 heavy (non-hydrogen) atoms. The number of halogens is 2. The fourth-order valence-corrected chi connectivity index (χ4v) is 5.82. The molecule has 1 aliphatic carbocycles. The van der Waals surface area contributed by atoms with Gasteiger partial charge in [0.2, 0.25) is 5.95 Å². The Kier molecular flexibility index (Phi) is 7.27. The van der Waals surface area contributed by atoms with Gasteiger partial charge in [0.1, 0.15) is 10.8 Å². The van der Waals surface area contributed by atoms with E-state index in [1.807, 2.05) is 6.92 Å². The second-order valence-electron chi connectivity index (χ2n) is 8.50. The van der Waals surface area contributed by atoms with E-state index < -0.39 is 7.92 Å². The highest BCUT2D eigenvalue weighted by molar-refractivity contribution is 7.64. The Bertz CT molecular complexity index is 1120. The third kappa shape index (κ3) is 5.22. The van der Waals surface area contributed by atoms with E-state index in [-0.39, 0.29) is 5.82 Å². The second-order valence-corrected chi connectivity index (χ2v) is 11.1. The van der Waals surface area contributed by atoms with Crippen LogP contribution in [-0.4, -0.2) is 23.3 Å². The van der Waals surface area contributed by atoms with Crippen molar-refractivity contribution in [2.24, 2.45) is 0 Å². The minimum absolute atomic E-state index is 0.197. The molecule has 4 rings (SSSR count). The lowest BCUT2D eigenvalue weighted by atomic mass is 9.93. The maximum atomic E-state index is 14.1. The van der Waals surface area contributed by atoms with Crippen LogP contribution in [0, 0.1) is 12.7 Å². The molecule has 0 aliphatic heterocycles. The highest BCUT2D eigenvalue weighted by atomic mass is 35.5. The Hall–Kier alpha value is -2.23. The minimum atomic E-state index is -0.520. The lowest BCUT2D eigenvalue weighted by molar-refractivity contribution is 0.617. The SMILES string of the molecule is Cc1c(F)ccc(Nc2nc(Nc3ccc4c(c3)CCCCCC4)ncc2Cl)c1P(C)C. The van der Waals surface area contributed by atoms with Gasteiger partial charge >= 0.3 is 0 Å². The van der Waals surface area contributed by atoms with Crippen LogP contribution in [0.3, 0.4) is 0 Å². The normalized spacial score (nSPS) is 13.9. The molecule has 1 aromatic heterocycles. The number of aryl methyl sites for hydroxylation is 2. The molecule has 0 saturated carbocycles. The zero-order valence-corrected chi connectivity index (χ0v) is 20.5. The van der Waals surface area contributed by atoms with E-state index in [2.05, 4.69) is 52.1 Å². The Labute approximate surface area is 195 Å². The summed E-state index contributed by atoms with van der Waals surface area (Å²) in [5.74, 6) is 0.773. The maximum absolute atomic E-state index is 14.1. The summed E-state index contributed by atoms with van der Waals surface area (Å²) < 4.78 is 14.1. The molecule has 1 aliphatic rings. The molecule has 0 unspecified atom stereocenters. The average Bonchev–Trinajstić information content (AvgIpc) is 2.74. The smallest absolute Gasteiger partial charge is 0.229 e. The van der Waals surface area contributed by atoms with Gasteiger partial charge in [-0.3, -0.25) is 0 Å². The van der Waals surface area contributed by atoms with E-state index in [1.165, 1.54) is 42.9 Å². The van der Waals surface area contributed by atoms with E-state index in [9.17, 15) is 4.39 Å². The molecule has 0 spiro atoms. The first-order chi connectivity index (χ1) is 15.4. The Morgan fingerprint density at radius 3 is 2.47 bits per heavy atom. The van der Waals surface area contributed by atoms with Crippen LogP contribution in [0.2, 0.25) is 5.02 Å². The van der Waals surface area contributed by atoms with Gasteiger partial charge in [-0.25, -0.2) is 9.37 Å². The van der Waals surface area contributed by atoms with Crippen LogP contribution in [0.15, 0.2) is 36.5 Å². The van der Waals surface area contributed by atoms with Gasteiger partial charge in [0.25, 0.3) is 0 Å². The molecule has 0 bridgehead atoms. The number of benzene rings is 2. The minimum Gasteiger partial charge on any atom is -0.338 e. The van der Waals surface area contributed by atoms with Crippen molar-refractivity contribution >= 4 is 48.0 Å². The molecule has 4 nitrogen and oxygen atoms in total. The van der Waals surface area contributed by atoms with E-state index in [0.29, 0.717) is 22.4 Å². The van der Waals surface area contributed by atoms with Crippen LogP contribution in [0.25, 0.3) is 0 Å². The molecule has 2 aromatic carbocycles. The summed E-state index contributed by atoms with van der Waals surface area (Å²) in [6.45, 7) is 6.03. The number of aromatic nitrogens is 2. The molecular formula is C25H29ClFN4P. The number of anilines is 4. The molecule has 0 radical (unpaired) electrons. The number of hydrogen-bond acceptors (Lipinski definition) is 4. The lowest BCUT2D eigenvalue weighted by Crippen LogP contribution is -2.14. The number of rotatable bonds is 5. The Morgan fingerprint density at radius 1 is 0.969 bits per heavy atom. The van der Waals surface area contributed by atoms with E-state index in [1.54, 1.807) is 12.3 Å². The molecule has 0 amide bonds. The van der Waals surface area contributed by atoms with Crippen LogP contribution < -0.4 is 15.9 Å². The van der Waals surface area contributed by atoms with Gasteiger partial charge in [0.15, 0.2) is 5.82 Å². The fourth-order valence-electron chi connectivity index (χ4n) is 4.29. The number of fused-ring (bicyclic) bond motifs is 1. The van der Waals surface area contributed by atoms with Crippen LogP contribution >= 0.6 is 19.5 Å². The first-order valence-corrected chi connectivity index (χ1v) is 13.7. The summed E-state index contributed by atoms with van der Waals surface area (Å²) >= 11 is 6.40. The molecule has 7 heteroatoms. The van der Waals surface area contributed by atoms with Crippen LogP contribution in [0.4, 0.5) is 27.5 Å². The Balaban J connectivity index is 1.59. The number of hydrogen-bond donors (Lipinski definition) is 2. The molecule has 0 fully saturated rings. The van der Waals surface area contributed by atoms with Crippen molar-refractivity contribution in [1.82, 2.24) is 9.97 Å². The van der Waals surface area contributed by atoms with E-state index >= 15 is 0 Å². The highest BCUT2D eigenvalue weighted by Gasteiger charge is 2.16. The monoisotopic (exact) mass is 470 g/mol. The predicted octanol–water partition coefficient (Wildman–Crippen LogP) is 7.09. The molecule has 3 aromatic rings. The second kappa shape index (κ2) is 10.1. The van der Waals surface area contributed by atoms with Crippen molar-refractivity contribution in [2.45, 2.75) is 45.4 Å². The zero-order chi connectivity index (χ0) is 22.7. The van der Waals surface area contributed by atoms with E-state index in [4.69, 9.17) is 11.6 Å². The summed E-state index contributed by atoms with van der Waals surface area (Å²) in [7, 11) is -0.520. The van der Waals surface area contributed by atoms with Gasteiger partial charge in [0.05, 0.1) is 6.20 Å². The third-order valence-electron chi connectivity index (χ3n) is 5.91. The van der Waals surface area contributed by atoms with Crippen LogP contribution in [-0.2, 0) is 12.8 Å². The summed E-state index contributed by atoms with van der Waals surface area (Å²) in [6, 6.07) is 9.76. The van der Waals surface area contributed by atoms with Gasteiger partial charge in [-0.1, -0.05) is 38.4 Å². The predicted molar refractivity (Wildman–Crippen MR) is 135 cm³/mol. The lowest BCUT2D eigenvalue weighted by Gasteiger charge is -2.19. The van der Waals surface area contributed by atoms with Gasteiger partial charge in [-0.05, 0) is 86.9 Å². The number of nitrogens with zero attached hydrogens (tertiary/aromatic N) is 2. The van der Waals surface area contributed by atoms with E-state index in [0.717, 1.165) is 29.5 Å². The fraction of sp³-hybridized carbons (Fsp3) is 0.360. The summed E-state index contributed by atoms with van der Waals surface area (Å²) in [5, 5.41) is 8.03. The van der Waals surface area contributed by atoms with Gasteiger partial charge in [-0.15, -0.1) is 0 Å². The molecule has 2 N–H and O–H groups in total. The molecule has 168 valence electrons. The summed E-state index contributed by atoms with van der Waals surface area (Å²) in [6.07, 6.45) is 8.97. The molecule has 0 atom stereocenters. The summed E-state index contributed by atoms with van der Waals surface area (Å²) in [4.78, 5) is 8.97. The zero-order valence-electron chi connectivity index (χ0n) is 18.8. The molecule has 0 saturated heterocycles. The maximum Gasteiger partial charge on any atom is 0.229 e. The van der Waals surface area contributed by atoms with Crippen molar-refractivity contribution in [3.8, 4) is 0 Å². The third-order valence-corrected chi connectivity index (χ3v) is 7.66. The van der Waals surface area contributed by atoms with Crippen molar-refractivity contribution in [2.75, 3.05) is 24.0 Å². The van der Waals surface area contributed by atoms with Crippen molar-refractivity contribution in [3.63, 3.8) is 0 Å². The highest BCUT2D eigenvalue weighted by Crippen LogP contribution is 2.34. The van der Waals surface area contributed by atoms with Crippen LogP contribution in [0.5, 0.6) is 0 Å². The number of nitrogens with one attached hydrogen (secondary N) is 2. The largest absolute Gasteiger partial charge is 0.338 e. The first kappa shape index (κ1) is 22.9. The average molecular weight is 471 g/mol. The Morgan fingerprint density at radius 2 is 1.72 bits per heavy atom. The molecule has 1 heterocycles. The summed E-state index contributed by atoms with van der Waals surface area (Å²) in [5.41, 5.74) is 5.32.